The third-order valence-electron chi connectivity index (χ3n) is 3.91. The molecule has 156 valence electrons. The molecule has 1 N–H and O–H groups in total. The van der Waals surface area contributed by atoms with Gasteiger partial charge in [-0.1, -0.05) is 17.7 Å². The van der Waals surface area contributed by atoms with E-state index in [1.54, 1.807) is 39.0 Å². The van der Waals surface area contributed by atoms with E-state index < -0.39 is 35.1 Å². The Bertz CT molecular complexity index is 660. The van der Waals surface area contributed by atoms with E-state index in [1.165, 1.54) is 13.3 Å². The molecular weight excluding hydrogens is 388 g/mol. The minimum absolute atomic E-state index is 0.341. The zero-order chi connectivity index (χ0) is 20.8. The standard InChI is InChI=1S/C19H27ClN2O6/c1-18(2,3)28-17(24)22-19(20,16(23)25-4)15(13-9-5-7-11-21-13)27-14-10-6-8-12-26-14/h5,7,9,11,14-15H,6,8,10,12H2,1-4H3,(H,22,24)/t14?,15?,19-/m1/s1. The molecule has 1 aromatic rings. The molecular formula is C19H27ClN2O6. The summed E-state index contributed by atoms with van der Waals surface area (Å²) in [4.78, 5) is 27.1. The molecule has 0 radical (unpaired) electrons. The molecule has 3 atom stereocenters. The summed E-state index contributed by atoms with van der Waals surface area (Å²) in [6, 6.07) is 5.08. The number of hydrogen-bond donors (Lipinski definition) is 1. The largest absolute Gasteiger partial charge is 0.466 e. The third-order valence-corrected chi connectivity index (χ3v) is 4.36. The Balaban J connectivity index is 2.36. The molecule has 0 spiro atoms. The van der Waals surface area contributed by atoms with E-state index >= 15 is 0 Å². The number of halogens is 1. The summed E-state index contributed by atoms with van der Waals surface area (Å²) in [6.45, 7) is 5.63. The SMILES string of the molecule is COC(=O)[C@](Cl)(NC(=O)OC(C)(C)C)C(OC1CCCCO1)c1ccccn1. The number of ether oxygens (including phenoxy) is 4. The lowest BCUT2D eigenvalue weighted by molar-refractivity contribution is -0.204. The summed E-state index contributed by atoms with van der Waals surface area (Å²) < 4.78 is 21.7. The van der Waals surface area contributed by atoms with Gasteiger partial charge in [-0.05, 0) is 52.2 Å². The lowest BCUT2D eigenvalue weighted by atomic mass is 10.1. The number of nitrogens with one attached hydrogen (secondary N) is 1. The van der Waals surface area contributed by atoms with Crippen LogP contribution in [-0.2, 0) is 23.7 Å². The van der Waals surface area contributed by atoms with Crippen molar-refractivity contribution < 1.29 is 28.5 Å². The van der Waals surface area contributed by atoms with Crippen molar-refractivity contribution in [2.75, 3.05) is 13.7 Å². The number of esters is 1. The number of pyridine rings is 1. The first-order valence-electron chi connectivity index (χ1n) is 9.12. The minimum Gasteiger partial charge on any atom is -0.466 e. The Hall–Kier alpha value is -1.90. The first-order chi connectivity index (χ1) is 13.2. The number of alkyl halides is 1. The van der Waals surface area contributed by atoms with Gasteiger partial charge in [-0.2, -0.15) is 0 Å². The topological polar surface area (TPSA) is 96.0 Å². The molecule has 1 aromatic heterocycles. The summed E-state index contributed by atoms with van der Waals surface area (Å²) in [5, 5.41) is 2.40. The Labute approximate surface area is 169 Å². The monoisotopic (exact) mass is 414 g/mol. The zero-order valence-corrected chi connectivity index (χ0v) is 17.3. The molecule has 8 nitrogen and oxygen atoms in total. The highest BCUT2D eigenvalue weighted by Crippen LogP contribution is 2.36. The number of hydrogen-bond acceptors (Lipinski definition) is 7. The number of methoxy groups -OCH3 is 1. The smallest absolute Gasteiger partial charge is 0.409 e. The van der Waals surface area contributed by atoms with Gasteiger partial charge in [0.15, 0.2) is 12.4 Å². The second kappa shape index (κ2) is 9.54. The van der Waals surface area contributed by atoms with E-state index in [9.17, 15) is 9.59 Å². The summed E-state index contributed by atoms with van der Waals surface area (Å²) in [5.41, 5.74) is -0.445. The van der Waals surface area contributed by atoms with Crippen LogP contribution < -0.4 is 5.32 Å². The average Bonchev–Trinajstić information content (AvgIpc) is 2.65. The van der Waals surface area contributed by atoms with E-state index in [1.807, 2.05) is 0 Å². The predicted molar refractivity (Wildman–Crippen MR) is 102 cm³/mol. The lowest BCUT2D eigenvalue weighted by Gasteiger charge is -2.36. The van der Waals surface area contributed by atoms with Gasteiger partial charge in [-0.25, -0.2) is 9.59 Å². The van der Waals surface area contributed by atoms with E-state index in [0.717, 1.165) is 12.8 Å². The van der Waals surface area contributed by atoms with Crippen molar-refractivity contribution in [2.24, 2.45) is 0 Å². The third kappa shape index (κ3) is 6.05. The average molecular weight is 415 g/mol. The Morgan fingerprint density at radius 3 is 2.61 bits per heavy atom. The number of carbonyl (C=O) groups is 2. The van der Waals surface area contributed by atoms with Gasteiger partial charge < -0.3 is 18.9 Å². The van der Waals surface area contributed by atoms with Crippen molar-refractivity contribution >= 4 is 23.7 Å². The first-order valence-corrected chi connectivity index (χ1v) is 9.50. The van der Waals surface area contributed by atoms with E-state index in [0.29, 0.717) is 18.7 Å². The Morgan fingerprint density at radius 2 is 2.07 bits per heavy atom. The van der Waals surface area contributed by atoms with Crippen molar-refractivity contribution in [3.63, 3.8) is 0 Å². The summed E-state index contributed by atoms with van der Waals surface area (Å²) in [7, 11) is 1.17. The van der Waals surface area contributed by atoms with Gasteiger partial charge in [-0.3, -0.25) is 10.3 Å². The molecule has 0 bridgehead atoms. The van der Waals surface area contributed by atoms with Crippen molar-refractivity contribution in [2.45, 2.75) is 63.0 Å². The van der Waals surface area contributed by atoms with Gasteiger partial charge in [0.05, 0.1) is 12.8 Å². The van der Waals surface area contributed by atoms with Gasteiger partial charge in [0.2, 0.25) is 5.00 Å². The summed E-state index contributed by atoms with van der Waals surface area (Å²) in [6.07, 6.45) is 1.35. The van der Waals surface area contributed by atoms with Gasteiger partial charge >= 0.3 is 12.1 Å². The fourth-order valence-corrected chi connectivity index (χ4v) is 3.01. The number of rotatable bonds is 6. The quantitative estimate of drug-likeness (QED) is 0.433. The van der Waals surface area contributed by atoms with Crippen molar-refractivity contribution in [1.29, 1.82) is 0 Å². The van der Waals surface area contributed by atoms with Crippen LogP contribution in [0.4, 0.5) is 4.79 Å². The second-order valence-electron chi connectivity index (χ2n) is 7.40. The highest BCUT2D eigenvalue weighted by Gasteiger charge is 2.51. The number of nitrogens with zero attached hydrogens (tertiary/aromatic N) is 1. The molecule has 0 aliphatic carbocycles. The predicted octanol–water partition coefficient (Wildman–Crippen LogP) is 3.30. The number of aromatic nitrogens is 1. The van der Waals surface area contributed by atoms with E-state index in [2.05, 4.69) is 10.3 Å². The molecule has 1 aliphatic rings. The molecule has 2 rings (SSSR count). The molecule has 0 saturated carbocycles. The van der Waals surface area contributed by atoms with Crippen LogP contribution in [-0.4, -0.2) is 47.7 Å². The van der Waals surface area contributed by atoms with Gasteiger partial charge in [0.1, 0.15) is 5.60 Å². The van der Waals surface area contributed by atoms with Crippen LogP contribution in [0.5, 0.6) is 0 Å². The van der Waals surface area contributed by atoms with Crippen LogP contribution in [0.25, 0.3) is 0 Å². The number of amides is 1. The number of carbonyl (C=O) groups excluding carboxylic acids is 2. The molecule has 2 heterocycles. The van der Waals surface area contributed by atoms with Crippen LogP contribution in [0, 0.1) is 0 Å². The van der Waals surface area contributed by atoms with E-state index in [-0.39, 0.29) is 0 Å². The van der Waals surface area contributed by atoms with Crippen LogP contribution in [0.2, 0.25) is 0 Å². The van der Waals surface area contributed by atoms with Crippen LogP contribution in [0.1, 0.15) is 51.8 Å². The summed E-state index contributed by atoms with van der Waals surface area (Å²) in [5.74, 6) is -0.911. The van der Waals surface area contributed by atoms with Crippen LogP contribution in [0.15, 0.2) is 24.4 Å². The maximum absolute atomic E-state index is 12.6. The fourth-order valence-electron chi connectivity index (χ4n) is 2.69. The molecule has 1 aliphatic heterocycles. The van der Waals surface area contributed by atoms with Crippen LogP contribution in [0.3, 0.4) is 0 Å². The maximum atomic E-state index is 12.6. The highest BCUT2D eigenvalue weighted by molar-refractivity contribution is 6.35. The van der Waals surface area contributed by atoms with Crippen molar-refractivity contribution in [1.82, 2.24) is 10.3 Å². The summed E-state index contributed by atoms with van der Waals surface area (Å²) >= 11 is 6.63. The molecule has 1 saturated heterocycles. The van der Waals surface area contributed by atoms with Gasteiger partial charge in [0, 0.05) is 12.8 Å². The zero-order valence-electron chi connectivity index (χ0n) is 16.6. The van der Waals surface area contributed by atoms with Gasteiger partial charge in [0.25, 0.3) is 0 Å². The fraction of sp³-hybridized carbons (Fsp3) is 0.632. The van der Waals surface area contributed by atoms with Crippen molar-refractivity contribution in [3.8, 4) is 0 Å². The van der Waals surface area contributed by atoms with Gasteiger partial charge in [-0.15, -0.1) is 0 Å². The van der Waals surface area contributed by atoms with Crippen molar-refractivity contribution in [3.05, 3.63) is 30.1 Å². The number of alkyl carbamates (subject to hydrolysis) is 1. The molecule has 1 amide bonds. The minimum atomic E-state index is -2.10. The lowest BCUT2D eigenvalue weighted by Crippen LogP contribution is -2.57. The molecule has 1 fully saturated rings. The second-order valence-corrected chi connectivity index (χ2v) is 7.99. The molecule has 28 heavy (non-hydrogen) atoms. The maximum Gasteiger partial charge on any atom is 0.409 e. The first kappa shape index (κ1) is 22.4. The Kier molecular flexibility index (Phi) is 7.63. The highest BCUT2D eigenvalue weighted by atomic mass is 35.5. The molecule has 2 unspecified atom stereocenters. The van der Waals surface area contributed by atoms with E-state index in [4.69, 9.17) is 30.5 Å². The molecule has 0 aromatic carbocycles. The Morgan fingerprint density at radius 1 is 1.32 bits per heavy atom. The van der Waals surface area contributed by atoms with Crippen LogP contribution >= 0.6 is 11.6 Å². The molecule has 9 heteroatoms. The normalized spacial score (nSPS) is 20.5.